The molecule has 2 atom stereocenters. The molecule has 4 heteroatoms. The summed E-state index contributed by atoms with van der Waals surface area (Å²) in [6.45, 7) is 6.64. The second kappa shape index (κ2) is 5.02. The zero-order valence-electron chi connectivity index (χ0n) is 11.2. The first-order valence-corrected chi connectivity index (χ1v) is 8.12. The fourth-order valence-corrected chi connectivity index (χ4v) is 4.62. The first kappa shape index (κ1) is 13.6. The van der Waals surface area contributed by atoms with Crippen LogP contribution < -0.4 is 5.32 Å². The molecule has 0 radical (unpaired) electrons. The minimum Gasteiger partial charge on any atom is -0.312 e. The Labute approximate surface area is 110 Å². The Morgan fingerprint density at radius 3 is 2.39 bits per heavy atom. The molecule has 100 valence electrons. The fourth-order valence-electron chi connectivity index (χ4n) is 2.75. The van der Waals surface area contributed by atoms with Crippen molar-refractivity contribution in [2.75, 3.05) is 12.3 Å². The standard InChI is InChI=1S/C14H21NO2S/c1-10-6-11(2)8-13(7-10)9-14-12(3)15-4-5-18(14,16)17/h6-8,12,14-15H,4-5,9H2,1-3H3. The van der Waals surface area contributed by atoms with E-state index in [4.69, 9.17) is 0 Å². The highest BCUT2D eigenvalue weighted by molar-refractivity contribution is 7.92. The van der Waals surface area contributed by atoms with Gasteiger partial charge < -0.3 is 5.32 Å². The van der Waals surface area contributed by atoms with Crippen LogP contribution in [0.2, 0.25) is 0 Å². The highest BCUT2D eigenvalue weighted by atomic mass is 32.2. The number of rotatable bonds is 2. The highest BCUT2D eigenvalue weighted by Crippen LogP contribution is 2.19. The number of hydrogen-bond acceptors (Lipinski definition) is 3. The van der Waals surface area contributed by atoms with E-state index in [9.17, 15) is 8.42 Å². The first-order chi connectivity index (χ1) is 8.38. The monoisotopic (exact) mass is 267 g/mol. The van der Waals surface area contributed by atoms with E-state index in [0.717, 1.165) is 5.56 Å². The lowest BCUT2D eigenvalue weighted by Crippen LogP contribution is -2.51. The van der Waals surface area contributed by atoms with Crippen LogP contribution in [-0.4, -0.2) is 32.0 Å². The molecular weight excluding hydrogens is 246 g/mol. The predicted octanol–water partition coefficient (Wildman–Crippen LogP) is 1.62. The van der Waals surface area contributed by atoms with Crippen LogP contribution in [0.1, 0.15) is 23.6 Å². The van der Waals surface area contributed by atoms with Crippen LogP contribution >= 0.6 is 0 Å². The number of benzene rings is 1. The summed E-state index contributed by atoms with van der Waals surface area (Å²) in [5.41, 5.74) is 3.51. The number of nitrogens with one attached hydrogen (secondary N) is 1. The van der Waals surface area contributed by atoms with Gasteiger partial charge in [-0.25, -0.2) is 8.42 Å². The van der Waals surface area contributed by atoms with Gasteiger partial charge >= 0.3 is 0 Å². The van der Waals surface area contributed by atoms with Gasteiger partial charge in [0.1, 0.15) is 0 Å². The molecule has 1 N–H and O–H groups in total. The molecule has 18 heavy (non-hydrogen) atoms. The number of aryl methyl sites for hydroxylation is 2. The number of hydrogen-bond donors (Lipinski definition) is 1. The quantitative estimate of drug-likeness (QED) is 0.885. The summed E-state index contributed by atoms with van der Waals surface area (Å²) in [6, 6.07) is 6.32. The van der Waals surface area contributed by atoms with Gasteiger partial charge in [-0.3, -0.25) is 0 Å². The third-order valence-electron chi connectivity index (χ3n) is 3.59. The van der Waals surface area contributed by atoms with Crippen LogP contribution in [0, 0.1) is 13.8 Å². The molecule has 1 aromatic rings. The molecule has 0 aliphatic carbocycles. The van der Waals surface area contributed by atoms with E-state index in [0.29, 0.717) is 13.0 Å². The van der Waals surface area contributed by atoms with Gasteiger partial charge in [0.25, 0.3) is 0 Å². The Bertz CT molecular complexity index is 516. The predicted molar refractivity (Wildman–Crippen MR) is 74.7 cm³/mol. The molecule has 0 bridgehead atoms. The van der Waals surface area contributed by atoms with E-state index in [2.05, 4.69) is 23.5 Å². The van der Waals surface area contributed by atoms with Gasteiger partial charge in [0.15, 0.2) is 9.84 Å². The SMILES string of the molecule is Cc1cc(C)cc(CC2C(C)NCCS2(=O)=O)c1. The molecule has 1 saturated heterocycles. The molecule has 1 aromatic carbocycles. The van der Waals surface area contributed by atoms with Crippen molar-refractivity contribution >= 4 is 9.84 Å². The van der Waals surface area contributed by atoms with Crippen molar-refractivity contribution in [2.24, 2.45) is 0 Å². The Morgan fingerprint density at radius 1 is 1.22 bits per heavy atom. The van der Waals surface area contributed by atoms with Gasteiger partial charge in [-0.05, 0) is 32.8 Å². The van der Waals surface area contributed by atoms with Crippen LogP contribution in [-0.2, 0) is 16.3 Å². The van der Waals surface area contributed by atoms with E-state index in [-0.39, 0.29) is 17.0 Å². The summed E-state index contributed by atoms with van der Waals surface area (Å²) in [7, 11) is -2.96. The lowest BCUT2D eigenvalue weighted by Gasteiger charge is -2.30. The smallest absolute Gasteiger partial charge is 0.156 e. The third-order valence-corrected chi connectivity index (χ3v) is 5.86. The van der Waals surface area contributed by atoms with E-state index in [1.165, 1.54) is 11.1 Å². The second-order valence-electron chi connectivity index (χ2n) is 5.35. The molecule has 0 saturated carbocycles. The zero-order valence-corrected chi connectivity index (χ0v) is 12.0. The molecule has 0 amide bonds. The van der Waals surface area contributed by atoms with Crippen LogP contribution in [0.4, 0.5) is 0 Å². The van der Waals surface area contributed by atoms with Gasteiger partial charge in [0.2, 0.25) is 0 Å². The Hall–Kier alpha value is -0.870. The van der Waals surface area contributed by atoms with Gasteiger partial charge in [-0.1, -0.05) is 29.3 Å². The first-order valence-electron chi connectivity index (χ1n) is 6.40. The average molecular weight is 267 g/mol. The van der Waals surface area contributed by atoms with Crippen molar-refractivity contribution in [3.63, 3.8) is 0 Å². The topological polar surface area (TPSA) is 46.2 Å². The largest absolute Gasteiger partial charge is 0.312 e. The maximum atomic E-state index is 12.1. The van der Waals surface area contributed by atoms with Crippen molar-refractivity contribution in [1.29, 1.82) is 0 Å². The minimum absolute atomic E-state index is 0.0320. The molecule has 1 aliphatic heterocycles. The molecule has 0 spiro atoms. The summed E-state index contributed by atoms with van der Waals surface area (Å²) in [4.78, 5) is 0. The fraction of sp³-hybridized carbons (Fsp3) is 0.571. The summed E-state index contributed by atoms with van der Waals surface area (Å²) in [5.74, 6) is 0.257. The van der Waals surface area contributed by atoms with Crippen molar-refractivity contribution in [3.8, 4) is 0 Å². The van der Waals surface area contributed by atoms with Gasteiger partial charge in [-0.2, -0.15) is 0 Å². The van der Waals surface area contributed by atoms with E-state index in [1.54, 1.807) is 0 Å². The maximum absolute atomic E-state index is 12.1. The molecule has 1 fully saturated rings. The van der Waals surface area contributed by atoms with Crippen molar-refractivity contribution in [1.82, 2.24) is 5.32 Å². The molecule has 2 rings (SSSR count). The minimum atomic E-state index is -2.96. The van der Waals surface area contributed by atoms with E-state index >= 15 is 0 Å². The Morgan fingerprint density at radius 2 is 1.83 bits per heavy atom. The molecule has 3 nitrogen and oxygen atoms in total. The lowest BCUT2D eigenvalue weighted by molar-refractivity contribution is 0.477. The van der Waals surface area contributed by atoms with Crippen LogP contribution in [0.15, 0.2) is 18.2 Å². The van der Waals surface area contributed by atoms with Crippen LogP contribution in [0.3, 0.4) is 0 Å². The van der Waals surface area contributed by atoms with Crippen molar-refractivity contribution in [2.45, 2.75) is 38.5 Å². The summed E-state index contributed by atoms with van der Waals surface area (Å²) in [6.07, 6.45) is 0.610. The number of sulfone groups is 1. The van der Waals surface area contributed by atoms with Crippen molar-refractivity contribution < 1.29 is 8.42 Å². The van der Waals surface area contributed by atoms with Gasteiger partial charge in [0.05, 0.1) is 11.0 Å². The average Bonchev–Trinajstić information content (AvgIpc) is 2.22. The maximum Gasteiger partial charge on any atom is 0.156 e. The molecule has 1 heterocycles. The van der Waals surface area contributed by atoms with E-state index in [1.807, 2.05) is 20.8 Å². The lowest BCUT2D eigenvalue weighted by atomic mass is 10.0. The Kier molecular flexibility index (Phi) is 3.78. The highest BCUT2D eigenvalue weighted by Gasteiger charge is 2.34. The molecule has 0 aromatic heterocycles. The molecular formula is C14H21NO2S. The van der Waals surface area contributed by atoms with Crippen molar-refractivity contribution in [3.05, 3.63) is 34.9 Å². The van der Waals surface area contributed by atoms with Crippen LogP contribution in [0.25, 0.3) is 0 Å². The van der Waals surface area contributed by atoms with Gasteiger partial charge in [0, 0.05) is 12.6 Å². The van der Waals surface area contributed by atoms with Crippen LogP contribution in [0.5, 0.6) is 0 Å². The molecule has 1 aliphatic rings. The van der Waals surface area contributed by atoms with Gasteiger partial charge in [-0.15, -0.1) is 0 Å². The molecule has 2 unspecified atom stereocenters. The van der Waals surface area contributed by atoms with E-state index < -0.39 is 9.84 Å². The zero-order chi connectivity index (χ0) is 13.3. The Balaban J connectivity index is 2.26. The summed E-state index contributed by atoms with van der Waals surface area (Å²) >= 11 is 0. The third kappa shape index (κ3) is 2.93. The normalized spacial score (nSPS) is 27.1. The summed E-state index contributed by atoms with van der Waals surface area (Å²) < 4.78 is 24.3. The summed E-state index contributed by atoms with van der Waals surface area (Å²) in [5, 5.41) is 2.96. The second-order valence-corrected chi connectivity index (χ2v) is 7.69.